The molecule has 0 atom stereocenters. The van der Waals surface area contributed by atoms with Crippen molar-refractivity contribution < 1.29 is 9.90 Å². The van der Waals surface area contributed by atoms with E-state index in [1.807, 2.05) is 25.3 Å². The van der Waals surface area contributed by atoms with Crippen molar-refractivity contribution in [2.24, 2.45) is 0 Å². The maximum Gasteiger partial charge on any atom is 0.356 e. The van der Waals surface area contributed by atoms with Crippen LogP contribution in [0.2, 0.25) is 0 Å². The summed E-state index contributed by atoms with van der Waals surface area (Å²) in [6.07, 6.45) is 1.82. The molecule has 0 bridgehead atoms. The van der Waals surface area contributed by atoms with Crippen molar-refractivity contribution in [3.05, 3.63) is 35.4 Å². The Morgan fingerprint density at radius 1 is 1.67 bits per heavy atom. The van der Waals surface area contributed by atoms with E-state index >= 15 is 0 Å². The van der Waals surface area contributed by atoms with E-state index < -0.39 is 5.97 Å². The molecular weight excluding hydrogens is 212 g/mol. The molecule has 0 aliphatic heterocycles. The zero-order chi connectivity index (χ0) is 11.0. The summed E-state index contributed by atoms with van der Waals surface area (Å²) in [6, 6.07) is 3.72. The number of imidazole rings is 1. The highest BCUT2D eigenvalue weighted by Crippen LogP contribution is 2.16. The van der Waals surface area contributed by atoms with Gasteiger partial charge in [0, 0.05) is 11.9 Å². The number of pyridine rings is 1. The second-order valence-corrected chi connectivity index (χ2v) is 3.62. The third kappa shape index (κ3) is 1.59. The summed E-state index contributed by atoms with van der Waals surface area (Å²) < 4.78 is 1.75. The average molecular weight is 222 g/mol. The summed E-state index contributed by atoms with van der Waals surface area (Å²) in [7, 11) is 0. The van der Waals surface area contributed by atoms with Gasteiger partial charge < -0.3 is 9.51 Å². The van der Waals surface area contributed by atoms with E-state index in [2.05, 4.69) is 17.6 Å². The number of rotatable bonds is 2. The number of aromatic carboxylic acids is 1. The van der Waals surface area contributed by atoms with Gasteiger partial charge >= 0.3 is 5.97 Å². The van der Waals surface area contributed by atoms with Gasteiger partial charge in [-0.25, -0.2) is 9.78 Å². The molecule has 2 rings (SSSR count). The monoisotopic (exact) mass is 222 g/mol. The zero-order valence-corrected chi connectivity index (χ0v) is 9.03. The maximum atomic E-state index is 11.0. The smallest absolute Gasteiger partial charge is 0.356 e. The van der Waals surface area contributed by atoms with Crippen LogP contribution in [0.1, 0.15) is 21.9 Å². The predicted molar refractivity (Wildman–Crippen MR) is 59.6 cm³/mol. The van der Waals surface area contributed by atoms with Crippen molar-refractivity contribution >= 4 is 24.1 Å². The summed E-state index contributed by atoms with van der Waals surface area (Å²) in [4.78, 5) is 15.0. The van der Waals surface area contributed by atoms with Gasteiger partial charge in [-0.1, -0.05) is 0 Å². The predicted octanol–water partition coefficient (Wildman–Crippen LogP) is 1.77. The van der Waals surface area contributed by atoms with E-state index in [9.17, 15) is 4.79 Å². The van der Waals surface area contributed by atoms with Crippen molar-refractivity contribution in [3.8, 4) is 0 Å². The Balaban J connectivity index is 2.81. The Hall–Kier alpha value is -1.49. The van der Waals surface area contributed by atoms with E-state index in [4.69, 9.17) is 5.11 Å². The van der Waals surface area contributed by atoms with Gasteiger partial charge in [-0.15, -0.1) is 0 Å². The molecule has 0 unspecified atom stereocenters. The summed E-state index contributed by atoms with van der Waals surface area (Å²) in [6.45, 7) is 1.92. The third-order valence-electron chi connectivity index (χ3n) is 2.22. The fourth-order valence-electron chi connectivity index (χ4n) is 1.52. The summed E-state index contributed by atoms with van der Waals surface area (Å²) in [5.74, 6) is 0.0502. The number of nitrogens with zero attached hydrogens (tertiary/aromatic N) is 2. The van der Waals surface area contributed by atoms with Gasteiger partial charge in [0.2, 0.25) is 0 Å². The van der Waals surface area contributed by atoms with Gasteiger partial charge in [0.15, 0.2) is 5.69 Å². The molecule has 0 saturated carbocycles. The largest absolute Gasteiger partial charge is 0.476 e. The number of aryl methyl sites for hydroxylation is 1. The molecule has 0 spiro atoms. The van der Waals surface area contributed by atoms with E-state index in [-0.39, 0.29) is 5.69 Å². The lowest BCUT2D eigenvalue weighted by Gasteiger charge is -1.98. The highest BCUT2D eigenvalue weighted by molar-refractivity contribution is 7.79. The molecule has 78 valence electrons. The molecule has 15 heavy (non-hydrogen) atoms. The van der Waals surface area contributed by atoms with Crippen molar-refractivity contribution in [1.82, 2.24) is 9.38 Å². The molecule has 0 aromatic carbocycles. The number of hydrogen-bond acceptors (Lipinski definition) is 3. The summed E-state index contributed by atoms with van der Waals surface area (Å²) in [5, 5.41) is 8.98. The molecule has 4 nitrogen and oxygen atoms in total. The Bertz CT molecular complexity index is 533. The quantitative estimate of drug-likeness (QED) is 0.761. The van der Waals surface area contributed by atoms with Crippen LogP contribution in [0.3, 0.4) is 0 Å². The number of carboxylic acid groups (broad SMARTS) is 1. The van der Waals surface area contributed by atoms with Crippen LogP contribution >= 0.6 is 12.6 Å². The number of fused-ring (bicyclic) bond motifs is 1. The molecule has 2 aromatic rings. The standard InChI is InChI=1S/C10H10N2O2S/c1-6-2-3-12-7(4-6)9(10(13)14)11-8(12)5-15/h2-4,15H,5H2,1H3,(H,13,14). The van der Waals surface area contributed by atoms with E-state index in [0.29, 0.717) is 17.1 Å². The van der Waals surface area contributed by atoms with Gasteiger partial charge in [-0.3, -0.25) is 0 Å². The SMILES string of the molecule is Cc1ccn2c(CS)nc(C(=O)O)c2c1. The molecule has 0 radical (unpaired) electrons. The Morgan fingerprint density at radius 3 is 3.00 bits per heavy atom. The first kappa shape index (κ1) is 10.0. The lowest BCUT2D eigenvalue weighted by atomic mass is 10.2. The van der Waals surface area contributed by atoms with Crippen molar-refractivity contribution in [2.75, 3.05) is 0 Å². The van der Waals surface area contributed by atoms with Crippen LogP contribution in [-0.4, -0.2) is 20.5 Å². The molecule has 0 aliphatic rings. The van der Waals surface area contributed by atoms with Crippen LogP contribution in [0.4, 0.5) is 0 Å². The molecule has 0 saturated heterocycles. The van der Waals surface area contributed by atoms with Gasteiger partial charge in [0.1, 0.15) is 5.82 Å². The van der Waals surface area contributed by atoms with Crippen LogP contribution in [0.25, 0.3) is 5.52 Å². The molecule has 0 fully saturated rings. The number of carboxylic acids is 1. The summed E-state index contributed by atoms with van der Waals surface area (Å²) in [5.41, 5.74) is 1.71. The van der Waals surface area contributed by atoms with Crippen LogP contribution in [0.5, 0.6) is 0 Å². The normalized spacial score (nSPS) is 10.8. The van der Waals surface area contributed by atoms with Gasteiger partial charge in [-0.05, 0) is 24.6 Å². The molecule has 2 aromatic heterocycles. The minimum Gasteiger partial charge on any atom is -0.476 e. The van der Waals surface area contributed by atoms with Crippen LogP contribution < -0.4 is 0 Å². The fourth-order valence-corrected chi connectivity index (χ4v) is 1.75. The average Bonchev–Trinajstić information content (AvgIpc) is 2.55. The number of thiol groups is 1. The van der Waals surface area contributed by atoms with Gasteiger partial charge in [0.25, 0.3) is 0 Å². The molecule has 1 N–H and O–H groups in total. The lowest BCUT2D eigenvalue weighted by molar-refractivity contribution is 0.0693. The van der Waals surface area contributed by atoms with Crippen LogP contribution in [-0.2, 0) is 5.75 Å². The van der Waals surface area contributed by atoms with Gasteiger partial charge in [0.05, 0.1) is 5.52 Å². The highest BCUT2D eigenvalue weighted by Gasteiger charge is 2.15. The Kier molecular flexibility index (Phi) is 2.40. The Labute approximate surface area is 92.0 Å². The van der Waals surface area contributed by atoms with E-state index in [0.717, 1.165) is 5.56 Å². The number of aromatic nitrogens is 2. The Morgan fingerprint density at radius 2 is 2.40 bits per heavy atom. The highest BCUT2D eigenvalue weighted by atomic mass is 32.1. The third-order valence-corrected chi connectivity index (χ3v) is 2.50. The van der Waals surface area contributed by atoms with Crippen LogP contribution in [0.15, 0.2) is 18.3 Å². The van der Waals surface area contributed by atoms with E-state index in [1.54, 1.807) is 4.40 Å². The van der Waals surface area contributed by atoms with E-state index in [1.165, 1.54) is 0 Å². The minimum absolute atomic E-state index is 0.0859. The first-order valence-electron chi connectivity index (χ1n) is 4.45. The minimum atomic E-state index is -1.01. The number of carbonyl (C=O) groups is 1. The molecule has 2 heterocycles. The molecule has 5 heteroatoms. The van der Waals surface area contributed by atoms with Gasteiger partial charge in [-0.2, -0.15) is 12.6 Å². The molecular formula is C10H10N2O2S. The summed E-state index contributed by atoms with van der Waals surface area (Å²) >= 11 is 4.12. The molecule has 0 amide bonds. The fraction of sp³-hybridized carbons (Fsp3) is 0.200. The number of hydrogen-bond donors (Lipinski definition) is 2. The van der Waals surface area contributed by atoms with Crippen molar-refractivity contribution in [3.63, 3.8) is 0 Å². The zero-order valence-electron chi connectivity index (χ0n) is 8.14. The second-order valence-electron chi connectivity index (χ2n) is 3.30. The maximum absolute atomic E-state index is 11.0. The van der Waals surface area contributed by atoms with Crippen LogP contribution in [0, 0.1) is 6.92 Å². The molecule has 0 aliphatic carbocycles. The van der Waals surface area contributed by atoms with Crippen molar-refractivity contribution in [1.29, 1.82) is 0 Å². The second kappa shape index (κ2) is 3.58. The lowest BCUT2D eigenvalue weighted by Crippen LogP contribution is -1.97. The topological polar surface area (TPSA) is 54.6 Å². The first-order valence-corrected chi connectivity index (χ1v) is 5.08. The van der Waals surface area contributed by atoms with Crippen molar-refractivity contribution in [2.45, 2.75) is 12.7 Å². The first-order chi connectivity index (χ1) is 7.13.